The number of carbonyl (C=O) groups is 1. The van der Waals surface area contributed by atoms with Crippen LogP contribution in [0.25, 0.3) is 21.8 Å². The molecule has 2 aromatic heterocycles. The van der Waals surface area contributed by atoms with Crippen molar-refractivity contribution in [2.45, 2.75) is 6.54 Å². The summed E-state index contributed by atoms with van der Waals surface area (Å²) in [5, 5.41) is 13.9. The van der Waals surface area contributed by atoms with Gasteiger partial charge in [-0.2, -0.15) is 4.91 Å². The van der Waals surface area contributed by atoms with Gasteiger partial charge in [0.25, 0.3) is 0 Å². The van der Waals surface area contributed by atoms with Crippen LogP contribution in [0.3, 0.4) is 0 Å². The second-order valence-electron chi connectivity index (χ2n) is 4.43. The lowest BCUT2D eigenvalue weighted by molar-refractivity contribution is 0.0697. The van der Waals surface area contributed by atoms with Gasteiger partial charge >= 0.3 is 5.97 Å². The van der Waals surface area contributed by atoms with Crippen LogP contribution in [0.1, 0.15) is 10.4 Å². The molecule has 20 heavy (non-hydrogen) atoms. The molecular formula is C14H11N3O3. The fourth-order valence-electron chi connectivity index (χ4n) is 2.46. The van der Waals surface area contributed by atoms with E-state index >= 15 is 0 Å². The molecule has 0 fully saturated rings. The minimum atomic E-state index is -0.977. The molecule has 0 bridgehead atoms. The highest BCUT2D eigenvalue weighted by Gasteiger charge is 2.13. The Morgan fingerprint density at radius 2 is 2.05 bits per heavy atom. The van der Waals surface area contributed by atoms with Gasteiger partial charge in [0.1, 0.15) is 0 Å². The zero-order chi connectivity index (χ0) is 14.1. The summed E-state index contributed by atoms with van der Waals surface area (Å²) >= 11 is 0. The lowest BCUT2D eigenvalue weighted by Gasteiger charge is -2.04. The molecule has 1 N–H and O–H groups in total. The highest BCUT2D eigenvalue weighted by atomic mass is 16.4. The number of nitrogens with zero attached hydrogens (tertiary/aromatic N) is 3. The maximum atomic E-state index is 11.1. The highest BCUT2D eigenvalue weighted by Crippen LogP contribution is 2.29. The Morgan fingerprint density at radius 3 is 2.80 bits per heavy atom. The number of carboxylic acid groups (broad SMARTS) is 1. The number of benzene rings is 1. The number of nitroso groups, excluding NO2 is 1. The molecule has 0 aliphatic carbocycles. The number of fused-ring (bicyclic) bond motifs is 3. The van der Waals surface area contributed by atoms with Crippen LogP contribution in [0, 0.1) is 4.91 Å². The van der Waals surface area contributed by atoms with Gasteiger partial charge in [-0.3, -0.25) is 4.98 Å². The third-order valence-electron chi connectivity index (χ3n) is 3.33. The Hall–Kier alpha value is -2.76. The van der Waals surface area contributed by atoms with Crippen molar-refractivity contribution in [3.8, 4) is 0 Å². The monoisotopic (exact) mass is 269 g/mol. The lowest BCUT2D eigenvalue weighted by Crippen LogP contribution is -2.02. The molecule has 6 heteroatoms. The third kappa shape index (κ3) is 1.82. The van der Waals surface area contributed by atoms with Gasteiger partial charge in [-0.1, -0.05) is 11.2 Å². The van der Waals surface area contributed by atoms with Crippen LogP contribution in [0.5, 0.6) is 0 Å². The summed E-state index contributed by atoms with van der Waals surface area (Å²) in [6.07, 6.45) is 3.40. The molecule has 0 aliphatic heterocycles. The molecule has 0 saturated carbocycles. The molecule has 1 aromatic carbocycles. The van der Waals surface area contributed by atoms with Crippen molar-refractivity contribution in [1.29, 1.82) is 0 Å². The minimum Gasteiger partial charge on any atom is -0.478 e. The Kier molecular flexibility index (Phi) is 2.90. The van der Waals surface area contributed by atoms with E-state index in [0.717, 1.165) is 21.8 Å². The number of pyridine rings is 1. The SMILES string of the molecule is O=NCCn1c2cnccc2c2ccc(C(=O)O)cc21. The number of hydrogen-bond acceptors (Lipinski definition) is 4. The van der Waals surface area contributed by atoms with E-state index in [4.69, 9.17) is 5.11 Å². The first-order valence-corrected chi connectivity index (χ1v) is 6.11. The summed E-state index contributed by atoms with van der Waals surface area (Å²) in [6, 6.07) is 6.85. The number of aromatic nitrogens is 2. The minimum absolute atomic E-state index is 0.130. The molecule has 0 aliphatic rings. The molecule has 3 rings (SSSR count). The van der Waals surface area contributed by atoms with Crippen LogP contribution in [-0.4, -0.2) is 27.2 Å². The van der Waals surface area contributed by atoms with Crippen molar-refractivity contribution in [2.75, 3.05) is 6.54 Å². The van der Waals surface area contributed by atoms with Crippen molar-refractivity contribution in [3.05, 3.63) is 47.1 Å². The van der Waals surface area contributed by atoms with Crippen molar-refractivity contribution in [1.82, 2.24) is 9.55 Å². The normalized spacial score (nSPS) is 11.0. The summed E-state index contributed by atoms with van der Waals surface area (Å²) in [5.74, 6) is -0.977. The topological polar surface area (TPSA) is 84.5 Å². The molecule has 0 amide bonds. The van der Waals surface area contributed by atoms with Crippen molar-refractivity contribution in [2.24, 2.45) is 5.18 Å². The zero-order valence-corrected chi connectivity index (χ0v) is 10.5. The van der Waals surface area contributed by atoms with Gasteiger partial charge in [0.15, 0.2) is 0 Å². The smallest absolute Gasteiger partial charge is 0.335 e. The van der Waals surface area contributed by atoms with E-state index in [1.54, 1.807) is 30.6 Å². The first kappa shape index (κ1) is 12.3. The van der Waals surface area contributed by atoms with Crippen LogP contribution >= 0.6 is 0 Å². The molecule has 2 heterocycles. The molecule has 6 nitrogen and oxygen atoms in total. The largest absolute Gasteiger partial charge is 0.478 e. The number of aromatic carboxylic acids is 1. The van der Waals surface area contributed by atoms with Gasteiger partial charge < -0.3 is 9.67 Å². The van der Waals surface area contributed by atoms with Gasteiger partial charge in [-0.25, -0.2) is 4.79 Å². The van der Waals surface area contributed by atoms with Gasteiger partial charge in [-0.05, 0) is 18.2 Å². The Bertz CT molecular complexity index is 823. The van der Waals surface area contributed by atoms with Crippen molar-refractivity contribution >= 4 is 27.8 Å². The summed E-state index contributed by atoms with van der Waals surface area (Å²) in [6.45, 7) is 0.531. The molecule has 100 valence electrons. The summed E-state index contributed by atoms with van der Waals surface area (Å²) in [5.41, 5.74) is 1.86. The fraction of sp³-hybridized carbons (Fsp3) is 0.143. The molecular weight excluding hydrogens is 258 g/mol. The van der Waals surface area contributed by atoms with Crippen LogP contribution < -0.4 is 0 Å². The van der Waals surface area contributed by atoms with E-state index in [1.165, 1.54) is 0 Å². The van der Waals surface area contributed by atoms with E-state index in [0.29, 0.717) is 6.54 Å². The second kappa shape index (κ2) is 4.73. The number of carboxylic acids is 1. The summed E-state index contributed by atoms with van der Waals surface area (Å²) in [4.78, 5) is 25.6. The van der Waals surface area contributed by atoms with Gasteiger partial charge in [-0.15, -0.1) is 0 Å². The molecule has 0 unspecified atom stereocenters. The number of rotatable bonds is 4. The van der Waals surface area contributed by atoms with E-state index in [2.05, 4.69) is 10.2 Å². The summed E-state index contributed by atoms with van der Waals surface area (Å²) in [7, 11) is 0. The lowest BCUT2D eigenvalue weighted by atomic mass is 10.1. The van der Waals surface area contributed by atoms with Crippen LogP contribution in [0.15, 0.2) is 41.8 Å². The maximum absolute atomic E-state index is 11.1. The van der Waals surface area contributed by atoms with Crippen molar-refractivity contribution < 1.29 is 9.90 Å². The first-order chi connectivity index (χ1) is 9.72. The Balaban J connectivity index is 2.35. The fourth-order valence-corrected chi connectivity index (χ4v) is 2.46. The third-order valence-corrected chi connectivity index (χ3v) is 3.33. The second-order valence-corrected chi connectivity index (χ2v) is 4.43. The number of hydrogen-bond donors (Lipinski definition) is 1. The molecule has 0 radical (unpaired) electrons. The predicted octanol–water partition coefficient (Wildman–Crippen LogP) is 2.65. The highest BCUT2D eigenvalue weighted by molar-refractivity contribution is 6.09. The van der Waals surface area contributed by atoms with Crippen molar-refractivity contribution in [3.63, 3.8) is 0 Å². The predicted molar refractivity (Wildman–Crippen MR) is 74.9 cm³/mol. The maximum Gasteiger partial charge on any atom is 0.335 e. The standard InChI is InChI=1S/C14H11N3O3/c18-14(19)9-1-2-10-11-3-4-15-8-13(11)17(6-5-16-20)12(10)7-9/h1-4,7-8H,5-6H2,(H,18,19). The Labute approximate surface area is 113 Å². The molecule has 3 aromatic rings. The van der Waals surface area contributed by atoms with Gasteiger partial charge in [0, 0.05) is 23.5 Å². The van der Waals surface area contributed by atoms with Crippen LogP contribution in [0.4, 0.5) is 0 Å². The van der Waals surface area contributed by atoms with Crippen LogP contribution in [-0.2, 0) is 6.54 Å². The average Bonchev–Trinajstić information content (AvgIpc) is 2.78. The average molecular weight is 269 g/mol. The Morgan fingerprint density at radius 1 is 1.25 bits per heavy atom. The van der Waals surface area contributed by atoms with E-state index in [9.17, 15) is 9.70 Å². The van der Waals surface area contributed by atoms with Crippen LogP contribution in [0.2, 0.25) is 0 Å². The van der Waals surface area contributed by atoms with Gasteiger partial charge in [0.05, 0.1) is 29.3 Å². The quantitative estimate of drug-likeness (QED) is 0.738. The zero-order valence-electron chi connectivity index (χ0n) is 10.5. The molecule has 0 atom stereocenters. The van der Waals surface area contributed by atoms with E-state index < -0.39 is 5.97 Å². The van der Waals surface area contributed by atoms with E-state index in [1.807, 2.05) is 10.6 Å². The van der Waals surface area contributed by atoms with Gasteiger partial charge in [0.2, 0.25) is 0 Å². The molecule has 0 saturated heterocycles. The van der Waals surface area contributed by atoms with E-state index in [-0.39, 0.29) is 12.1 Å². The summed E-state index contributed by atoms with van der Waals surface area (Å²) < 4.78 is 1.88. The first-order valence-electron chi connectivity index (χ1n) is 6.11. The molecule has 0 spiro atoms.